The Morgan fingerprint density at radius 1 is 0.978 bits per heavy atom. The molecule has 2 unspecified atom stereocenters. The molecule has 0 bridgehead atoms. The fourth-order valence-electron chi connectivity index (χ4n) is 4.58. The topological polar surface area (TPSA) is 350 Å². The highest BCUT2D eigenvalue weighted by molar-refractivity contribution is 7.61. The molecule has 45 heavy (non-hydrogen) atoms. The quantitative estimate of drug-likeness (QED) is 0.0709. The Hall–Kier alpha value is -3.05. The zero-order valence-electron chi connectivity index (χ0n) is 22.7. The van der Waals surface area contributed by atoms with Crippen molar-refractivity contribution in [2.75, 3.05) is 18.9 Å². The number of pyridine rings is 1. The molecule has 12 N–H and O–H groups in total. The van der Waals surface area contributed by atoms with Gasteiger partial charge in [0.2, 0.25) is 0 Å². The summed E-state index contributed by atoms with van der Waals surface area (Å²) in [7, 11) is -10.7. The van der Waals surface area contributed by atoms with Crippen LogP contribution >= 0.6 is 15.6 Å². The molecule has 22 nitrogen and oxygen atoms in total. The number of hydrogen-bond donors (Lipinski definition) is 8. The number of ether oxygens (including phenoxy) is 2. The van der Waals surface area contributed by atoms with Crippen LogP contribution in [0.3, 0.4) is 0 Å². The third-order valence-corrected chi connectivity index (χ3v) is 9.35. The number of amides is 1. The first-order valence-corrected chi connectivity index (χ1v) is 15.6. The average molecular weight is 682 g/mol. The maximum absolute atomic E-state index is 12.4. The summed E-state index contributed by atoms with van der Waals surface area (Å²) in [6.45, 7) is -1.80. The Balaban J connectivity index is 0.00000461. The molecule has 5 rings (SSSR count). The summed E-state index contributed by atoms with van der Waals surface area (Å²) in [5.74, 6) is -0.714. The van der Waals surface area contributed by atoms with E-state index in [1.807, 2.05) is 0 Å². The molecule has 0 spiro atoms. The van der Waals surface area contributed by atoms with Gasteiger partial charge in [-0.15, -0.1) is 0 Å². The van der Waals surface area contributed by atoms with Crippen molar-refractivity contribution in [2.45, 2.75) is 49.1 Å². The fourth-order valence-corrected chi connectivity index (χ4v) is 6.67. The molecule has 5 heterocycles. The number of imidazole rings is 1. The van der Waals surface area contributed by atoms with E-state index in [9.17, 15) is 44.1 Å². The average Bonchev–Trinajstić information content (AvgIpc) is 3.61. The van der Waals surface area contributed by atoms with E-state index < -0.39 is 83.8 Å². The van der Waals surface area contributed by atoms with E-state index in [4.69, 9.17) is 25.5 Å². The first-order chi connectivity index (χ1) is 20.7. The number of carbonyl (C=O) groups is 1. The Bertz CT molecular complexity index is 1630. The van der Waals surface area contributed by atoms with Gasteiger partial charge in [-0.2, -0.15) is 8.88 Å². The van der Waals surface area contributed by atoms with Gasteiger partial charge in [0.1, 0.15) is 47.9 Å². The number of aliphatic hydroxyl groups excluding tert-OH is 4. The van der Waals surface area contributed by atoms with E-state index in [2.05, 4.69) is 23.8 Å². The molecule has 2 aliphatic heterocycles. The highest BCUT2D eigenvalue weighted by Crippen LogP contribution is 2.60. The molecule has 3 aromatic heterocycles. The van der Waals surface area contributed by atoms with Crippen LogP contribution in [0.25, 0.3) is 11.2 Å². The zero-order valence-corrected chi connectivity index (χ0v) is 24.5. The van der Waals surface area contributed by atoms with E-state index >= 15 is 0 Å². The van der Waals surface area contributed by atoms with Crippen molar-refractivity contribution < 1.29 is 77.0 Å². The molecule has 2 aliphatic rings. The van der Waals surface area contributed by atoms with E-state index in [1.165, 1.54) is 40.0 Å². The largest absolute Gasteiger partial charge is 0.481 e. The van der Waals surface area contributed by atoms with Gasteiger partial charge in [0.05, 0.1) is 19.5 Å². The van der Waals surface area contributed by atoms with Crippen LogP contribution in [0.5, 0.6) is 0 Å². The zero-order chi connectivity index (χ0) is 32.0. The summed E-state index contributed by atoms with van der Waals surface area (Å²) in [5.41, 5.74) is 11.4. The van der Waals surface area contributed by atoms with Gasteiger partial charge in [-0.3, -0.25) is 18.4 Å². The highest BCUT2D eigenvalue weighted by Gasteiger charge is 2.50. The molecule has 24 heteroatoms. The summed E-state index contributed by atoms with van der Waals surface area (Å²) in [4.78, 5) is 43.3. The number of carbonyl (C=O) groups excluding carboxylic acids is 1. The lowest BCUT2D eigenvalue weighted by Gasteiger charge is -2.20. The number of nitrogens with two attached hydrogens (primary N) is 2. The fraction of sp³-hybridized carbons (Fsp3) is 0.476. The van der Waals surface area contributed by atoms with Gasteiger partial charge in [-0.1, -0.05) is 0 Å². The maximum atomic E-state index is 12.4. The second-order valence-corrected chi connectivity index (χ2v) is 12.7. The number of fused-ring (bicyclic) bond motifs is 1. The van der Waals surface area contributed by atoms with Crippen LogP contribution in [-0.2, 0) is 32.0 Å². The summed E-state index contributed by atoms with van der Waals surface area (Å²) < 4.78 is 52.0. The van der Waals surface area contributed by atoms with Gasteiger partial charge in [0.25, 0.3) is 12.1 Å². The number of primary amides is 1. The number of aromatic nitrogens is 5. The Morgan fingerprint density at radius 3 is 2.24 bits per heavy atom. The van der Waals surface area contributed by atoms with Crippen molar-refractivity contribution >= 4 is 38.5 Å². The van der Waals surface area contributed by atoms with Gasteiger partial charge in [0, 0.05) is 6.07 Å². The van der Waals surface area contributed by atoms with Crippen LogP contribution in [0.15, 0.2) is 37.2 Å². The molecule has 0 saturated carbocycles. The molecule has 0 aromatic carbocycles. The van der Waals surface area contributed by atoms with Crippen molar-refractivity contribution in [1.82, 2.24) is 19.5 Å². The standard InChI is InChI=1S/C21H27N7O14P2.H2O/c22-17-12-19(25-7-24-17)28(8-26-12)21-16(32)14(30)11(41-21)6-39-44(36,37)42-43(34,35)38-5-10-13(29)15(31)20(40-10)27-3-1-2-9(4-27)18(23)33;/h1-4,7-8,10-11,13-16,20-21,29-32H,5-6H2,(H5-,22,23,24,25,33,34,35,36,37);1H2/p+1/t10-,11-,13-,14-,15-,16-,20-,21-;/m1./s1. The maximum Gasteiger partial charge on any atom is 0.481 e. The van der Waals surface area contributed by atoms with Crippen molar-refractivity contribution in [2.24, 2.45) is 5.73 Å². The number of nitrogens with zero attached hydrogens (tertiary/aromatic N) is 5. The summed E-state index contributed by atoms with van der Waals surface area (Å²) in [6.07, 6.45) is -6.85. The Kier molecular flexibility index (Phi) is 10.3. The lowest BCUT2D eigenvalue weighted by atomic mass is 10.1. The van der Waals surface area contributed by atoms with Crippen molar-refractivity contribution in [3.63, 3.8) is 0 Å². The molecule has 10 atom stereocenters. The second kappa shape index (κ2) is 13.4. The summed E-state index contributed by atoms with van der Waals surface area (Å²) >= 11 is 0. The first kappa shape index (κ1) is 34.8. The highest BCUT2D eigenvalue weighted by atomic mass is 31.3. The number of nitrogen functional groups attached to an aromatic ring is 1. The molecule has 0 radical (unpaired) electrons. The molecular weight excluding hydrogens is 652 g/mol. The van der Waals surface area contributed by atoms with Gasteiger partial charge in [-0.05, 0) is 6.07 Å². The van der Waals surface area contributed by atoms with Crippen molar-refractivity contribution in [1.29, 1.82) is 0 Å². The van der Waals surface area contributed by atoms with Gasteiger partial charge in [0.15, 0.2) is 36.2 Å². The third-order valence-electron chi connectivity index (χ3n) is 6.75. The Labute approximate surface area is 251 Å². The number of anilines is 1. The molecule has 1 amide bonds. The van der Waals surface area contributed by atoms with Crippen molar-refractivity contribution in [3.05, 3.63) is 42.7 Å². The van der Waals surface area contributed by atoms with Crippen LogP contribution < -0.4 is 16.0 Å². The summed E-state index contributed by atoms with van der Waals surface area (Å²) in [6, 6.07) is 2.83. The number of phosphoric acid groups is 2. The molecule has 3 aromatic rings. The second-order valence-electron chi connectivity index (χ2n) is 9.69. The van der Waals surface area contributed by atoms with Crippen LogP contribution in [0.1, 0.15) is 22.8 Å². The normalized spacial score (nSPS) is 30.9. The lowest BCUT2D eigenvalue weighted by molar-refractivity contribution is -0.765. The van der Waals surface area contributed by atoms with E-state index in [-0.39, 0.29) is 28.0 Å². The SMILES string of the molecule is NC(=O)c1ccc[n+]([C@@H]2O[C@H](COP(=O)(O)OP(=O)(O)OC[C@H]3O[C@@H](n4cnc5c(N)ncnc54)[C@H](O)[C@@H]3O)[C@@H](O)[C@H]2O)c1.O. The predicted molar refractivity (Wildman–Crippen MR) is 143 cm³/mol. The van der Waals surface area contributed by atoms with Gasteiger partial charge >= 0.3 is 15.6 Å². The van der Waals surface area contributed by atoms with E-state index in [0.717, 1.165) is 6.33 Å². The smallest absolute Gasteiger partial charge is 0.412 e. The van der Waals surface area contributed by atoms with Crippen LogP contribution in [0, 0.1) is 0 Å². The minimum atomic E-state index is -5.37. The third kappa shape index (κ3) is 7.35. The van der Waals surface area contributed by atoms with Crippen molar-refractivity contribution in [3.8, 4) is 0 Å². The molecule has 0 aliphatic carbocycles. The number of phosphoric ester groups is 2. The van der Waals surface area contributed by atoms with Crippen LogP contribution in [0.4, 0.5) is 5.82 Å². The molecular formula is C21H30N7O15P2+. The number of rotatable bonds is 11. The molecule has 248 valence electrons. The molecule has 2 fully saturated rings. The Morgan fingerprint density at radius 2 is 1.60 bits per heavy atom. The summed E-state index contributed by atoms with van der Waals surface area (Å²) in [5, 5.41) is 41.6. The number of hydrogen-bond acceptors (Lipinski definition) is 16. The minimum absolute atomic E-state index is 0. The van der Waals surface area contributed by atoms with Gasteiger partial charge in [-0.25, -0.2) is 24.1 Å². The predicted octanol–water partition coefficient (Wildman–Crippen LogP) is -3.84. The van der Waals surface area contributed by atoms with Crippen LogP contribution in [0.2, 0.25) is 0 Å². The van der Waals surface area contributed by atoms with Crippen LogP contribution in [-0.4, -0.2) is 111 Å². The van der Waals surface area contributed by atoms with E-state index in [0.29, 0.717) is 0 Å². The van der Waals surface area contributed by atoms with Gasteiger partial charge < -0.3 is 56.6 Å². The lowest BCUT2D eigenvalue weighted by Crippen LogP contribution is -2.46. The first-order valence-electron chi connectivity index (χ1n) is 12.6. The van der Waals surface area contributed by atoms with E-state index in [1.54, 1.807) is 0 Å². The molecule has 2 saturated heterocycles. The monoisotopic (exact) mass is 682 g/mol. The number of aliphatic hydroxyl groups is 4. The minimum Gasteiger partial charge on any atom is -0.412 e.